The van der Waals surface area contributed by atoms with E-state index in [9.17, 15) is 18.0 Å². The molecule has 2 fully saturated rings. The molecule has 1 saturated heterocycles. The highest BCUT2D eigenvalue weighted by molar-refractivity contribution is 7.89. The van der Waals surface area contributed by atoms with Gasteiger partial charge >= 0.3 is 5.76 Å². The lowest BCUT2D eigenvalue weighted by molar-refractivity contribution is -0.129. The molecule has 0 bridgehead atoms. The van der Waals surface area contributed by atoms with Crippen LogP contribution in [0.3, 0.4) is 0 Å². The third kappa shape index (κ3) is 3.28. The van der Waals surface area contributed by atoms with E-state index in [1.807, 2.05) is 4.90 Å². The van der Waals surface area contributed by atoms with Gasteiger partial charge in [0.2, 0.25) is 15.9 Å². The predicted molar refractivity (Wildman–Crippen MR) is 94.1 cm³/mol. The van der Waals surface area contributed by atoms with Gasteiger partial charge in [-0.15, -0.1) is 0 Å². The van der Waals surface area contributed by atoms with Crippen molar-refractivity contribution in [3.63, 3.8) is 0 Å². The zero-order valence-corrected chi connectivity index (χ0v) is 15.0. The van der Waals surface area contributed by atoms with Crippen LogP contribution in [0.5, 0.6) is 0 Å². The van der Waals surface area contributed by atoms with E-state index in [2.05, 4.69) is 9.71 Å². The molecule has 2 aromatic rings. The number of nitrogens with one attached hydrogen (secondary N) is 2. The molecule has 2 aliphatic rings. The molecule has 140 valence electrons. The number of H-pyrrole nitrogens is 1. The number of carbonyl (C=O) groups excluding carboxylic acids is 1. The SMILES string of the molecule is O=C1C[C@H](CNS(=O)(=O)c2ccc3oc(=O)[nH]c3c2)CN1C1CCCC1. The molecule has 4 rings (SSSR count). The second-order valence-electron chi connectivity index (χ2n) is 7.08. The molecule has 1 amide bonds. The molecule has 1 aromatic carbocycles. The average molecular weight is 379 g/mol. The summed E-state index contributed by atoms with van der Waals surface area (Å²) in [6.45, 7) is 0.831. The average Bonchev–Trinajstić information content (AvgIpc) is 3.30. The number of benzene rings is 1. The molecule has 8 nitrogen and oxygen atoms in total. The Kier molecular flexibility index (Phi) is 4.36. The topological polar surface area (TPSA) is 112 Å². The van der Waals surface area contributed by atoms with Gasteiger partial charge in [0.05, 0.1) is 10.4 Å². The lowest BCUT2D eigenvalue weighted by atomic mass is 10.1. The fourth-order valence-electron chi connectivity index (χ4n) is 3.92. The highest BCUT2D eigenvalue weighted by Gasteiger charge is 2.35. The first-order chi connectivity index (χ1) is 12.4. The zero-order valence-electron chi connectivity index (χ0n) is 14.2. The summed E-state index contributed by atoms with van der Waals surface area (Å²) in [5.74, 6) is -0.521. The van der Waals surface area contributed by atoms with Gasteiger partial charge in [-0.05, 0) is 37.0 Å². The maximum absolute atomic E-state index is 12.5. The number of fused-ring (bicyclic) bond motifs is 1. The Labute approximate surface area is 150 Å². The Balaban J connectivity index is 1.42. The summed E-state index contributed by atoms with van der Waals surface area (Å²) in [6.07, 6.45) is 4.79. The van der Waals surface area contributed by atoms with Gasteiger partial charge < -0.3 is 9.32 Å². The number of rotatable bonds is 5. The van der Waals surface area contributed by atoms with Crippen molar-refractivity contribution in [1.29, 1.82) is 0 Å². The van der Waals surface area contributed by atoms with E-state index in [0.717, 1.165) is 25.7 Å². The van der Waals surface area contributed by atoms with Gasteiger partial charge in [-0.3, -0.25) is 9.78 Å². The van der Waals surface area contributed by atoms with Gasteiger partial charge in [-0.25, -0.2) is 17.9 Å². The summed E-state index contributed by atoms with van der Waals surface area (Å²) in [5.41, 5.74) is 0.642. The van der Waals surface area contributed by atoms with Crippen molar-refractivity contribution >= 4 is 27.0 Å². The minimum Gasteiger partial charge on any atom is -0.408 e. The van der Waals surface area contributed by atoms with E-state index in [-0.39, 0.29) is 23.3 Å². The van der Waals surface area contributed by atoms with E-state index in [1.165, 1.54) is 18.2 Å². The van der Waals surface area contributed by atoms with Crippen LogP contribution in [0.1, 0.15) is 32.1 Å². The molecule has 0 spiro atoms. The Morgan fingerprint density at radius 3 is 2.77 bits per heavy atom. The molecule has 26 heavy (non-hydrogen) atoms. The number of nitrogens with zero attached hydrogens (tertiary/aromatic N) is 1. The molecular formula is C17H21N3O5S. The van der Waals surface area contributed by atoms with Crippen LogP contribution in [-0.2, 0) is 14.8 Å². The molecule has 1 aliphatic carbocycles. The van der Waals surface area contributed by atoms with Gasteiger partial charge in [0.25, 0.3) is 0 Å². The molecule has 2 N–H and O–H groups in total. The third-order valence-electron chi connectivity index (χ3n) is 5.27. The van der Waals surface area contributed by atoms with E-state index in [0.29, 0.717) is 30.1 Å². The summed E-state index contributed by atoms with van der Waals surface area (Å²) >= 11 is 0. The quantitative estimate of drug-likeness (QED) is 0.810. The van der Waals surface area contributed by atoms with Gasteiger partial charge in [0, 0.05) is 25.6 Å². The normalized spacial score (nSPS) is 21.9. The van der Waals surface area contributed by atoms with E-state index in [4.69, 9.17) is 4.42 Å². The van der Waals surface area contributed by atoms with Crippen molar-refractivity contribution in [2.45, 2.75) is 43.0 Å². The molecule has 1 aliphatic heterocycles. The summed E-state index contributed by atoms with van der Waals surface area (Å²) in [7, 11) is -3.73. The largest absolute Gasteiger partial charge is 0.417 e. The minimum atomic E-state index is -3.73. The fraction of sp³-hybridized carbons (Fsp3) is 0.529. The molecule has 0 unspecified atom stereocenters. The number of aromatic amines is 1. The third-order valence-corrected chi connectivity index (χ3v) is 6.69. The standard InChI is InChI=1S/C17H21N3O5S/c21-16-7-11(10-20(16)12-3-1-2-4-12)9-18-26(23,24)13-5-6-15-14(8-13)19-17(22)25-15/h5-6,8,11-12,18H,1-4,7,9-10H2,(H,19,22)/t11-/m1/s1. The highest BCUT2D eigenvalue weighted by Crippen LogP contribution is 2.29. The molecular weight excluding hydrogens is 358 g/mol. The maximum Gasteiger partial charge on any atom is 0.417 e. The van der Waals surface area contributed by atoms with Crippen LogP contribution < -0.4 is 10.5 Å². The van der Waals surface area contributed by atoms with Crippen LogP contribution in [0.4, 0.5) is 0 Å². The zero-order chi connectivity index (χ0) is 18.3. The highest BCUT2D eigenvalue weighted by atomic mass is 32.2. The first-order valence-corrected chi connectivity index (χ1v) is 10.3. The van der Waals surface area contributed by atoms with E-state index in [1.54, 1.807) is 0 Å². The predicted octanol–water partition coefficient (Wildman–Crippen LogP) is 1.19. The number of aromatic nitrogens is 1. The van der Waals surface area contributed by atoms with Gasteiger partial charge in [0.1, 0.15) is 0 Å². The van der Waals surface area contributed by atoms with Crippen molar-refractivity contribution in [3.05, 3.63) is 28.7 Å². The Hall–Kier alpha value is -2.13. The maximum atomic E-state index is 12.5. The van der Waals surface area contributed by atoms with Crippen molar-refractivity contribution in [1.82, 2.24) is 14.6 Å². The van der Waals surface area contributed by atoms with Crippen LogP contribution in [0.25, 0.3) is 11.1 Å². The Bertz CT molecular complexity index is 987. The monoisotopic (exact) mass is 379 g/mol. The van der Waals surface area contributed by atoms with Crippen LogP contribution in [0, 0.1) is 5.92 Å². The lowest BCUT2D eigenvalue weighted by Gasteiger charge is -2.24. The number of likely N-dealkylation sites (tertiary alicyclic amines) is 1. The summed E-state index contributed by atoms with van der Waals surface area (Å²) < 4.78 is 32.5. The fourth-order valence-corrected chi connectivity index (χ4v) is 5.07. The second kappa shape index (κ2) is 6.55. The lowest BCUT2D eigenvalue weighted by Crippen LogP contribution is -2.36. The summed E-state index contributed by atoms with van der Waals surface area (Å²) in [6, 6.07) is 4.53. The van der Waals surface area contributed by atoms with Crippen molar-refractivity contribution < 1.29 is 17.6 Å². The molecule has 1 aromatic heterocycles. The summed E-state index contributed by atoms with van der Waals surface area (Å²) in [5, 5.41) is 0. The molecule has 1 saturated carbocycles. The number of oxazole rings is 1. The number of amides is 1. The number of hydrogen-bond donors (Lipinski definition) is 2. The Morgan fingerprint density at radius 2 is 2.00 bits per heavy atom. The smallest absolute Gasteiger partial charge is 0.408 e. The summed E-state index contributed by atoms with van der Waals surface area (Å²) in [4.78, 5) is 27.8. The van der Waals surface area contributed by atoms with E-state index < -0.39 is 15.8 Å². The Morgan fingerprint density at radius 1 is 1.23 bits per heavy atom. The van der Waals surface area contributed by atoms with Crippen molar-refractivity contribution in [2.75, 3.05) is 13.1 Å². The number of sulfonamides is 1. The van der Waals surface area contributed by atoms with Gasteiger partial charge in [-0.1, -0.05) is 12.8 Å². The molecule has 2 heterocycles. The molecule has 9 heteroatoms. The molecule has 0 radical (unpaired) electrons. The van der Waals surface area contributed by atoms with E-state index >= 15 is 0 Å². The van der Waals surface area contributed by atoms with Gasteiger partial charge in [0.15, 0.2) is 5.58 Å². The first-order valence-electron chi connectivity index (χ1n) is 8.84. The molecule has 1 atom stereocenters. The number of carbonyl (C=O) groups is 1. The van der Waals surface area contributed by atoms with Crippen LogP contribution in [0.15, 0.2) is 32.3 Å². The van der Waals surface area contributed by atoms with Crippen LogP contribution >= 0.6 is 0 Å². The number of hydrogen-bond acceptors (Lipinski definition) is 5. The second-order valence-corrected chi connectivity index (χ2v) is 8.85. The van der Waals surface area contributed by atoms with Gasteiger partial charge in [-0.2, -0.15) is 0 Å². The van der Waals surface area contributed by atoms with Crippen molar-refractivity contribution in [3.8, 4) is 0 Å². The van der Waals surface area contributed by atoms with Crippen LogP contribution in [0.2, 0.25) is 0 Å². The minimum absolute atomic E-state index is 0.0182. The van der Waals surface area contributed by atoms with Crippen LogP contribution in [-0.4, -0.2) is 43.3 Å². The first kappa shape index (κ1) is 17.3. The van der Waals surface area contributed by atoms with Crippen molar-refractivity contribution in [2.24, 2.45) is 5.92 Å².